The molecule has 0 spiro atoms. The Hall–Kier alpha value is -10.9. The molecular formula is C84H32. The van der Waals surface area contributed by atoms with Gasteiger partial charge in [0.25, 0.3) is 0 Å². The third kappa shape index (κ3) is 3.43. The monoisotopic (exact) mass is 1040 g/mol. The predicted octanol–water partition coefficient (Wildman–Crippen LogP) is 24.4. The molecule has 27 aromatic carbocycles. The van der Waals surface area contributed by atoms with Crippen molar-refractivity contribution in [3.05, 3.63) is 194 Å². The van der Waals surface area contributed by atoms with Crippen LogP contribution in [0.15, 0.2) is 194 Å². The van der Waals surface area contributed by atoms with Crippen molar-refractivity contribution >= 4 is 280 Å². The molecule has 0 heteroatoms. The van der Waals surface area contributed by atoms with Gasteiger partial charge in [-0.3, -0.25) is 0 Å². The SMILES string of the molecule is c1ccc2c(c1)c1ccc3c(c4ccc5c(c6ccc7c(c8ccc9c(c%10ccc%11c(c%12ccc%13c(c%14ccc%15c%16c(ccc%17c%18c(ccc%19c%20c(ccc%21c%22c(ccc%23c%24c(ccc%25c%26ccccc%26c%25%24)c%23%22)c%21%20)c%19%18)c%17%16)c%15c%13%14)c%11%12)c9%10)c78)c56)c34)c21. The molecule has 27 rings (SSSR count). The van der Waals surface area contributed by atoms with Crippen molar-refractivity contribution in [2.24, 2.45) is 0 Å². The minimum Gasteiger partial charge on any atom is -0.0616 e. The minimum absolute atomic E-state index is 1.39. The van der Waals surface area contributed by atoms with E-state index in [1.165, 1.54) is 280 Å². The fourth-order valence-corrected chi connectivity index (χ4v) is 20.0. The first-order valence-corrected chi connectivity index (χ1v) is 30.1. The molecule has 0 unspecified atom stereocenters. The Morgan fingerprint density at radius 2 is 0.155 bits per heavy atom. The predicted molar refractivity (Wildman–Crippen MR) is 367 cm³/mol. The number of hydrogen-bond acceptors (Lipinski definition) is 0. The van der Waals surface area contributed by atoms with Crippen LogP contribution in [0.1, 0.15) is 0 Å². The first-order chi connectivity index (χ1) is 41.8. The van der Waals surface area contributed by atoms with Gasteiger partial charge in [-0.05, 0) is 280 Å². The molecule has 0 saturated carbocycles. The van der Waals surface area contributed by atoms with Crippen molar-refractivity contribution in [3.63, 3.8) is 0 Å². The van der Waals surface area contributed by atoms with Gasteiger partial charge in [-0.1, -0.05) is 194 Å². The van der Waals surface area contributed by atoms with E-state index in [1.807, 2.05) is 0 Å². The Kier molecular flexibility index (Phi) is 5.35. The van der Waals surface area contributed by atoms with Crippen molar-refractivity contribution < 1.29 is 0 Å². The van der Waals surface area contributed by atoms with E-state index in [2.05, 4.69) is 194 Å². The van der Waals surface area contributed by atoms with Crippen LogP contribution in [0, 0.1) is 0 Å². The summed E-state index contributed by atoms with van der Waals surface area (Å²) in [6.07, 6.45) is 0. The summed E-state index contributed by atoms with van der Waals surface area (Å²) in [4.78, 5) is 0. The third-order valence-electron chi connectivity index (χ3n) is 23.4. The molecule has 27 aromatic rings. The number of hydrogen-bond donors (Lipinski definition) is 0. The van der Waals surface area contributed by atoms with Gasteiger partial charge < -0.3 is 0 Å². The fourth-order valence-electron chi connectivity index (χ4n) is 20.0. The van der Waals surface area contributed by atoms with Crippen LogP contribution in [0.3, 0.4) is 0 Å². The van der Waals surface area contributed by atoms with Gasteiger partial charge >= 0.3 is 0 Å². The lowest BCUT2D eigenvalue weighted by molar-refractivity contribution is 1.81. The molecule has 0 aliphatic rings. The van der Waals surface area contributed by atoms with Crippen LogP contribution >= 0.6 is 0 Å². The summed E-state index contributed by atoms with van der Waals surface area (Å²) in [6.45, 7) is 0. The summed E-state index contributed by atoms with van der Waals surface area (Å²) < 4.78 is 0. The van der Waals surface area contributed by atoms with Crippen LogP contribution in [-0.2, 0) is 0 Å². The van der Waals surface area contributed by atoms with Crippen LogP contribution in [0.4, 0.5) is 0 Å². The number of fused-ring (bicyclic) bond motifs is 64. The Balaban J connectivity index is 0.577. The maximum atomic E-state index is 2.45. The van der Waals surface area contributed by atoms with E-state index in [0.717, 1.165) is 0 Å². The van der Waals surface area contributed by atoms with Gasteiger partial charge in [-0.15, -0.1) is 0 Å². The summed E-state index contributed by atoms with van der Waals surface area (Å²) in [5.74, 6) is 0. The topological polar surface area (TPSA) is 0 Å². The second kappa shape index (κ2) is 11.6. The highest BCUT2D eigenvalue weighted by Gasteiger charge is 2.33. The fraction of sp³-hybridized carbons (Fsp3) is 0. The van der Waals surface area contributed by atoms with E-state index in [4.69, 9.17) is 0 Å². The largest absolute Gasteiger partial charge is 0.0616 e. The average molecular weight is 1040 g/mol. The third-order valence-corrected chi connectivity index (χ3v) is 23.4. The van der Waals surface area contributed by atoms with Gasteiger partial charge in [0.2, 0.25) is 0 Å². The van der Waals surface area contributed by atoms with Gasteiger partial charge in [0, 0.05) is 0 Å². The maximum absolute atomic E-state index is 2.45. The molecule has 368 valence electrons. The number of benzene rings is 14. The molecule has 0 heterocycles. The average Bonchev–Trinajstić information content (AvgIpc) is 1.07. The maximum Gasteiger partial charge on any atom is -0.00134 e. The Bertz CT molecular complexity index is 7130. The van der Waals surface area contributed by atoms with Crippen LogP contribution in [0.25, 0.3) is 280 Å². The van der Waals surface area contributed by atoms with Crippen LogP contribution in [0.5, 0.6) is 0 Å². The van der Waals surface area contributed by atoms with E-state index in [1.54, 1.807) is 0 Å². The van der Waals surface area contributed by atoms with Crippen molar-refractivity contribution in [1.29, 1.82) is 0 Å². The lowest BCUT2D eigenvalue weighted by Gasteiger charge is -2.28. The molecule has 0 nitrogen and oxygen atoms in total. The zero-order chi connectivity index (χ0) is 52.6. The summed E-state index contributed by atoms with van der Waals surface area (Å²) >= 11 is 0. The molecule has 0 aliphatic carbocycles. The zero-order valence-electron chi connectivity index (χ0n) is 44.5. The number of rotatable bonds is 0. The van der Waals surface area contributed by atoms with Crippen LogP contribution < -0.4 is 0 Å². The lowest BCUT2D eigenvalue weighted by atomic mass is 9.74. The van der Waals surface area contributed by atoms with E-state index in [0.29, 0.717) is 0 Å². The molecular weight excluding hydrogens is 1010 g/mol. The van der Waals surface area contributed by atoms with Gasteiger partial charge in [0.1, 0.15) is 0 Å². The highest BCUT2D eigenvalue weighted by atomic mass is 14.4. The molecule has 0 aromatic heterocycles. The van der Waals surface area contributed by atoms with E-state index in [-0.39, 0.29) is 0 Å². The van der Waals surface area contributed by atoms with Crippen molar-refractivity contribution in [2.75, 3.05) is 0 Å². The van der Waals surface area contributed by atoms with Crippen LogP contribution in [0.2, 0.25) is 0 Å². The molecule has 0 atom stereocenters. The van der Waals surface area contributed by atoms with Crippen molar-refractivity contribution in [3.8, 4) is 0 Å². The molecule has 0 N–H and O–H groups in total. The second-order valence-electron chi connectivity index (χ2n) is 26.0. The van der Waals surface area contributed by atoms with Gasteiger partial charge in [0.15, 0.2) is 0 Å². The van der Waals surface area contributed by atoms with Gasteiger partial charge in [-0.25, -0.2) is 0 Å². The first kappa shape index (κ1) is 38.7. The Morgan fingerprint density at radius 1 is 0.0714 bits per heavy atom. The van der Waals surface area contributed by atoms with Crippen LogP contribution in [-0.4, -0.2) is 0 Å². The molecule has 84 heavy (non-hydrogen) atoms. The standard InChI is InChI=1S/C84H32/c1-3-7-35-33(5-1)37-9-11-39-63(61(35)37)41-13-15-43-67(65(39)41)45-17-19-47-71(69(43)45)49-21-23-51-75(73(47)49)53-25-27-55-79(77(51)53)57-29-31-59-83(81(55)57)60-32-30-58-80-56(82(58)84(59)60)28-26-54-76-52(78(54)80)24-22-50-72-48(74(50)76)20-18-46-68-44(70(46)72)16-14-42-64-40(66(42)68)12-10-38-34-6-2-4-8-36(34)62(38)64/h1-32H. The van der Waals surface area contributed by atoms with Crippen molar-refractivity contribution in [1.82, 2.24) is 0 Å². The van der Waals surface area contributed by atoms with E-state index < -0.39 is 0 Å². The molecule has 0 amide bonds. The molecule has 0 bridgehead atoms. The highest BCUT2D eigenvalue weighted by Crippen LogP contribution is 2.62. The molecule has 0 aliphatic heterocycles. The second-order valence-corrected chi connectivity index (χ2v) is 26.0. The smallest absolute Gasteiger partial charge is 0.00134 e. The quantitative estimate of drug-likeness (QED) is 0.142. The van der Waals surface area contributed by atoms with Crippen molar-refractivity contribution in [2.45, 2.75) is 0 Å². The van der Waals surface area contributed by atoms with E-state index >= 15 is 0 Å². The molecule has 0 radical (unpaired) electrons. The first-order valence-electron chi connectivity index (χ1n) is 30.1. The van der Waals surface area contributed by atoms with Gasteiger partial charge in [-0.2, -0.15) is 0 Å². The summed E-state index contributed by atoms with van der Waals surface area (Å²) in [7, 11) is 0. The Labute approximate surface area is 471 Å². The summed E-state index contributed by atoms with van der Waals surface area (Å²) in [5, 5.41) is 74.6. The van der Waals surface area contributed by atoms with Gasteiger partial charge in [0.05, 0.1) is 0 Å². The zero-order valence-corrected chi connectivity index (χ0v) is 44.5. The molecule has 0 saturated heterocycles. The normalized spacial score (nSPS) is 14.2. The minimum atomic E-state index is 1.39. The molecule has 0 fully saturated rings. The Morgan fingerprint density at radius 3 is 0.286 bits per heavy atom. The highest BCUT2D eigenvalue weighted by molar-refractivity contribution is 6.60. The summed E-state index contributed by atoms with van der Waals surface area (Å²) in [5.41, 5.74) is 0. The lowest BCUT2D eigenvalue weighted by Crippen LogP contribution is -1.99. The summed E-state index contributed by atoms with van der Waals surface area (Å²) in [6, 6.07) is 76.0. The van der Waals surface area contributed by atoms with E-state index in [9.17, 15) is 0 Å².